The van der Waals surface area contributed by atoms with E-state index in [4.69, 9.17) is 26.4 Å². The SMILES string of the molecule is C.C1CCNCC1.CC(C)(C)OC(=O)N1CCN(c2ncc(Br)cn2)CC1.Clc1ncc(Br)cn1.O=CO[O-].[H-].[K+].[K+]. The molecule has 2 aromatic rings. The van der Waals surface area contributed by atoms with E-state index in [1.54, 1.807) is 29.7 Å². The number of halogens is 3. The quantitative estimate of drug-likeness (QED) is 0.121. The summed E-state index contributed by atoms with van der Waals surface area (Å²) in [5.41, 5.74) is -0.455. The molecule has 222 valence electrons. The molecule has 2 fully saturated rings. The third-order valence-corrected chi connectivity index (χ3v) is 5.67. The standard InChI is InChI=1S/C13H19BrN4O2.C5H11N.C4H2BrClN2.CH2O3.CH4.2K.H/c1-13(2,3)20-12(19)18-6-4-17(5-7-18)11-15-8-10(14)9-16-11;1-2-4-6-5-3-1;5-3-1-7-4(6)8-2-3;2-1-4-3;;;;/h8-9H,4-7H2,1-3H3;6H,1-5H2;1-2H;1,3H;1H4;;;/q;;;;;2*+1;-1/p-1. The Labute approximate surface area is 351 Å². The molecule has 4 rings (SSSR count). The largest absolute Gasteiger partial charge is 1.00 e. The van der Waals surface area contributed by atoms with Crippen molar-refractivity contribution in [3.05, 3.63) is 39.0 Å². The van der Waals surface area contributed by atoms with Crippen molar-refractivity contribution in [1.82, 2.24) is 30.2 Å². The molecular weight excluding hydrogens is 740 g/mol. The molecule has 0 aliphatic carbocycles. The van der Waals surface area contributed by atoms with Gasteiger partial charge in [0.2, 0.25) is 11.2 Å². The molecule has 1 amide bonds. The number of ether oxygens (including phenoxy) is 1. The zero-order valence-electron chi connectivity index (χ0n) is 24.6. The molecule has 2 saturated heterocycles. The van der Waals surface area contributed by atoms with Crippen LogP contribution in [0.25, 0.3) is 0 Å². The van der Waals surface area contributed by atoms with Crippen LogP contribution in [0.2, 0.25) is 5.28 Å². The van der Waals surface area contributed by atoms with Crippen LogP contribution in [0.15, 0.2) is 33.7 Å². The summed E-state index contributed by atoms with van der Waals surface area (Å²) in [6.07, 6.45) is 10.6. The molecule has 0 unspecified atom stereocenters. The maximum atomic E-state index is 11.9. The van der Waals surface area contributed by atoms with Crippen molar-refractivity contribution in [1.29, 1.82) is 0 Å². The van der Waals surface area contributed by atoms with Gasteiger partial charge in [-0.2, -0.15) is 0 Å². The van der Waals surface area contributed by atoms with Crippen molar-refractivity contribution in [2.75, 3.05) is 44.2 Å². The van der Waals surface area contributed by atoms with Gasteiger partial charge in [-0.25, -0.2) is 24.7 Å². The van der Waals surface area contributed by atoms with Gasteiger partial charge in [0, 0.05) is 51.0 Å². The Hall–Kier alpha value is 1.14. The molecule has 12 nitrogen and oxygen atoms in total. The van der Waals surface area contributed by atoms with Crippen LogP contribution in [0.4, 0.5) is 10.7 Å². The average molecular weight is 778 g/mol. The molecule has 0 aromatic carbocycles. The Bertz CT molecular complexity index is 912. The number of piperidine rings is 1. The first-order chi connectivity index (χ1) is 18.1. The molecule has 1 N–H and O–H groups in total. The number of anilines is 1. The van der Waals surface area contributed by atoms with Crippen molar-refractivity contribution in [3.8, 4) is 0 Å². The van der Waals surface area contributed by atoms with E-state index in [0.29, 0.717) is 32.1 Å². The van der Waals surface area contributed by atoms with Crippen LogP contribution in [0, 0.1) is 0 Å². The number of nitrogens with one attached hydrogen (secondary N) is 1. The predicted molar refractivity (Wildman–Crippen MR) is 156 cm³/mol. The first kappa shape index (κ1) is 46.6. The fourth-order valence-electron chi connectivity index (χ4n) is 2.98. The molecule has 17 heteroatoms. The molecule has 0 radical (unpaired) electrons. The minimum atomic E-state index is -0.455. The van der Waals surface area contributed by atoms with Crippen molar-refractivity contribution in [3.63, 3.8) is 0 Å². The fourth-order valence-corrected chi connectivity index (χ4v) is 3.49. The smallest absolute Gasteiger partial charge is 1.00 e. The van der Waals surface area contributed by atoms with Gasteiger partial charge in [0.25, 0.3) is 6.47 Å². The normalized spacial score (nSPS) is 13.7. The molecule has 0 bridgehead atoms. The molecule has 2 aliphatic rings. The third kappa shape index (κ3) is 24.1. The first-order valence-electron chi connectivity index (χ1n) is 11.8. The van der Waals surface area contributed by atoms with Crippen LogP contribution in [-0.4, -0.2) is 82.3 Å². The molecule has 4 heterocycles. The summed E-state index contributed by atoms with van der Waals surface area (Å²) in [5.74, 6) is 0.692. The maximum Gasteiger partial charge on any atom is 1.00 e. The zero-order valence-corrected chi connectivity index (χ0v) is 33.8. The monoisotopic (exact) mass is 775 g/mol. The number of hydrogen-bond donors (Lipinski definition) is 1. The Balaban J connectivity index is -0.000000273. The van der Waals surface area contributed by atoms with Gasteiger partial charge in [-0.05, 0) is 90.2 Å². The number of aromatic nitrogens is 4. The minimum Gasteiger partial charge on any atom is -1.00 e. The number of hydrogen-bond acceptors (Lipinski definition) is 11. The van der Waals surface area contributed by atoms with Gasteiger partial charge in [0.05, 0.1) is 8.95 Å². The predicted octanol–water partition coefficient (Wildman–Crippen LogP) is -1.86. The minimum absolute atomic E-state index is 0. The van der Waals surface area contributed by atoms with E-state index in [2.05, 4.69) is 66.9 Å². The van der Waals surface area contributed by atoms with E-state index in [9.17, 15) is 4.79 Å². The van der Waals surface area contributed by atoms with E-state index in [-0.39, 0.29) is 129 Å². The van der Waals surface area contributed by atoms with E-state index >= 15 is 0 Å². The Morgan fingerprint density at radius 1 is 0.976 bits per heavy atom. The number of carbonyl (C=O) groups is 2. The summed E-state index contributed by atoms with van der Waals surface area (Å²) in [6.45, 7) is 10.6. The van der Waals surface area contributed by atoms with E-state index in [1.807, 2.05) is 20.8 Å². The van der Waals surface area contributed by atoms with Crippen molar-refractivity contribution >= 4 is 62.0 Å². The number of carbonyl (C=O) groups excluding carboxylic acids is 2. The number of piperazine rings is 1. The van der Waals surface area contributed by atoms with Crippen LogP contribution in [0.1, 0.15) is 48.9 Å². The summed E-state index contributed by atoms with van der Waals surface area (Å²) >= 11 is 11.8. The second-order valence-corrected chi connectivity index (χ2v) is 11.0. The van der Waals surface area contributed by atoms with Crippen LogP contribution in [0.3, 0.4) is 0 Å². The summed E-state index contributed by atoms with van der Waals surface area (Å²) in [6, 6.07) is 0. The van der Waals surface area contributed by atoms with Gasteiger partial charge >= 0.3 is 109 Å². The second kappa shape index (κ2) is 27.5. The second-order valence-electron chi connectivity index (χ2n) is 8.83. The number of amides is 1. The summed E-state index contributed by atoms with van der Waals surface area (Å²) in [5, 5.41) is 12.0. The first-order valence-corrected chi connectivity index (χ1v) is 13.8. The van der Waals surface area contributed by atoms with Crippen LogP contribution < -0.4 is 118 Å². The summed E-state index contributed by atoms with van der Waals surface area (Å²) in [4.78, 5) is 42.9. The topological polar surface area (TPSA) is 146 Å². The molecule has 0 saturated carbocycles. The zero-order chi connectivity index (χ0) is 28.4. The summed E-state index contributed by atoms with van der Waals surface area (Å²) in [7, 11) is 0. The average Bonchev–Trinajstić information content (AvgIpc) is 2.92. The van der Waals surface area contributed by atoms with Gasteiger partial charge in [0.1, 0.15) is 5.60 Å². The van der Waals surface area contributed by atoms with Crippen molar-refractivity contribution in [2.45, 2.75) is 53.1 Å². The van der Waals surface area contributed by atoms with Crippen molar-refractivity contribution in [2.24, 2.45) is 0 Å². The molecule has 0 spiro atoms. The van der Waals surface area contributed by atoms with Crippen molar-refractivity contribution < 1.29 is 129 Å². The van der Waals surface area contributed by atoms with E-state index in [1.165, 1.54) is 32.4 Å². The summed E-state index contributed by atoms with van der Waals surface area (Å²) < 4.78 is 7.06. The van der Waals surface area contributed by atoms with Crippen LogP contribution in [-0.2, 0) is 14.4 Å². The molecule has 2 aliphatic heterocycles. The third-order valence-electron chi connectivity index (χ3n) is 4.66. The Morgan fingerprint density at radius 3 is 1.73 bits per heavy atom. The van der Waals surface area contributed by atoms with E-state index in [0.717, 1.165) is 8.95 Å². The molecule has 2 aromatic heterocycles. The van der Waals surface area contributed by atoms with Crippen LogP contribution in [0.5, 0.6) is 0 Å². The van der Waals surface area contributed by atoms with E-state index < -0.39 is 5.60 Å². The Morgan fingerprint density at radius 2 is 1.41 bits per heavy atom. The molecule has 0 atom stereocenters. The molecular formula is C24H38Br2ClK2N7O5. The Kier molecular flexibility index (Phi) is 31.2. The van der Waals surface area contributed by atoms with Crippen LogP contribution >= 0.6 is 43.5 Å². The van der Waals surface area contributed by atoms with Gasteiger partial charge in [-0.1, -0.05) is 13.8 Å². The van der Waals surface area contributed by atoms with Gasteiger partial charge in [-0.3, -0.25) is 4.79 Å². The number of rotatable bonds is 2. The van der Waals surface area contributed by atoms with Gasteiger partial charge in [-0.15, -0.1) is 0 Å². The fraction of sp³-hybridized carbons (Fsp3) is 0.583. The van der Waals surface area contributed by atoms with Gasteiger partial charge < -0.3 is 31.4 Å². The van der Waals surface area contributed by atoms with Gasteiger partial charge in [0.15, 0.2) is 0 Å². The molecule has 41 heavy (non-hydrogen) atoms. The number of nitrogens with zero attached hydrogens (tertiary/aromatic N) is 6. The maximum absolute atomic E-state index is 11.9.